The van der Waals surface area contributed by atoms with Crippen LogP contribution in [0.3, 0.4) is 0 Å². The van der Waals surface area contributed by atoms with Crippen LogP contribution in [-0.4, -0.2) is 60.8 Å². The molecule has 1 fully saturated rings. The van der Waals surface area contributed by atoms with E-state index >= 15 is 0 Å². The molecule has 0 spiro atoms. The van der Waals surface area contributed by atoms with Crippen LogP contribution in [-0.2, 0) is 4.74 Å². The molecule has 0 aliphatic carbocycles. The Labute approximate surface area is 159 Å². The number of amides is 1. The fourth-order valence-electron chi connectivity index (χ4n) is 2.67. The van der Waals surface area contributed by atoms with E-state index in [1.807, 2.05) is 39.0 Å². The van der Waals surface area contributed by atoms with Gasteiger partial charge in [0.25, 0.3) is 0 Å². The van der Waals surface area contributed by atoms with Crippen molar-refractivity contribution >= 4 is 22.0 Å². The number of benzene rings is 1. The van der Waals surface area contributed by atoms with Crippen LogP contribution in [0, 0.1) is 6.92 Å². The van der Waals surface area contributed by atoms with Gasteiger partial charge in [-0.1, -0.05) is 15.9 Å². The number of nitrogens with zero attached hydrogens (tertiary/aromatic N) is 2. The van der Waals surface area contributed by atoms with Crippen molar-refractivity contribution in [3.63, 3.8) is 0 Å². The van der Waals surface area contributed by atoms with Crippen molar-refractivity contribution in [2.45, 2.75) is 39.7 Å². The van der Waals surface area contributed by atoms with Crippen molar-refractivity contribution in [1.82, 2.24) is 9.80 Å². The van der Waals surface area contributed by atoms with Gasteiger partial charge < -0.3 is 14.4 Å². The number of hydrogen-bond acceptors (Lipinski definition) is 4. The third-order valence-electron chi connectivity index (χ3n) is 4.04. The zero-order valence-electron chi connectivity index (χ0n) is 15.7. The number of ether oxygens (including phenoxy) is 2. The van der Waals surface area contributed by atoms with E-state index in [0.717, 1.165) is 49.4 Å². The van der Waals surface area contributed by atoms with Gasteiger partial charge in [-0.2, -0.15) is 0 Å². The fraction of sp³-hybridized carbons (Fsp3) is 0.632. The van der Waals surface area contributed by atoms with Crippen LogP contribution in [0.5, 0.6) is 5.75 Å². The van der Waals surface area contributed by atoms with Crippen LogP contribution in [0.2, 0.25) is 0 Å². The molecule has 5 nitrogen and oxygen atoms in total. The lowest BCUT2D eigenvalue weighted by Gasteiger charge is -2.35. The van der Waals surface area contributed by atoms with Gasteiger partial charge in [-0.25, -0.2) is 4.79 Å². The minimum Gasteiger partial charge on any atom is -0.494 e. The van der Waals surface area contributed by atoms with Crippen LogP contribution in [0.1, 0.15) is 32.8 Å². The Morgan fingerprint density at radius 1 is 1.20 bits per heavy atom. The Hall–Kier alpha value is -1.27. The summed E-state index contributed by atoms with van der Waals surface area (Å²) in [5.41, 5.74) is 0.743. The molecular weight excluding hydrogens is 384 g/mol. The minimum atomic E-state index is -0.434. The topological polar surface area (TPSA) is 42.0 Å². The smallest absolute Gasteiger partial charge is 0.410 e. The minimum absolute atomic E-state index is 0.207. The van der Waals surface area contributed by atoms with E-state index in [1.165, 1.54) is 5.56 Å². The highest BCUT2D eigenvalue weighted by atomic mass is 79.9. The second-order valence-electron chi connectivity index (χ2n) is 7.42. The molecule has 0 unspecified atom stereocenters. The Morgan fingerprint density at radius 2 is 1.88 bits per heavy atom. The van der Waals surface area contributed by atoms with Crippen molar-refractivity contribution in [2.75, 3.05) is 39.3 Å². The van der Waals surface area contributed by atoms with Crippen LogP contribution < -0.4 is 4.74 Å². The van der Waals surface area contributed by atoms with E-state index in [1.54, 1.807) is 4.90 Å². The molecule has 2 rings (SSSR count). The molecular formula is C19H29BrN2O3. The molecule has 1 aromatic carbocycles. The zero-order valence-corrected chi connectivity index (χ0v) is 17.3. The summed E-state index contributed by atoms with van der Waals surface area (Å²) < 4.78 is 12.3. The van der Waals surface area contributed by atoms with Crippen molar-refractivity contribution in [2.24, 2.45) is 0 Å². The van der Waals surface area contributed by atoms with Crippen LogP contribution in [0.15, 0.2) is 22.7 Å². The van der Waals surface area contributed by atoms with Crippen LogP contribution in [0.25, 0.3) is 0 Å². The molecule has 1 saturated heterocycles. The Morgan fingerprint density at radius 3 is 2.48 bits per heavy atom. The first-order valence-electron chi connectivity index (χ1n) is 8.84. The predicted molar refractivity (Wildman–Crippen MR) is 103 cm³/mol. The summed E-state index contributed by atoms with van der Waals surface area (Å²) in [6.07, 6.45) is 0.766. The molecule has 25 heavy (non-hydrogen) atoms. The summed E-state index contributed by atoms with van der Waals surface area (Å²) in [4.78, 5) is 16.2. The number of hydrogen-bond donors (Lipinski definition) is 0. The summed E-state index contributed by atoms with van der Waals surface area (Å²) >= 11 is 3.50. The van der Waals surface area contributed by atoms with E-state index in [2.05, 4.69) is 27.8 Å². The SMILES string of the molecule is Cc1cc(OCCCN2CCN(C(=O)OC(C)(C)C)CC2)ccc1Br. The lowest BCUT2D eigenvalue weighted by Crippen LogP contribution is -2.50. The molecule has 140 valence electrons. The Balaban J connectivity index is 1.64. The second kappa shape index (κ2) is 8.90. The van der Waals surface area contributed by atoms with Gasteiger partial charge in [0, 0.05) is 37.2 Å². The van der Waals surface area contributed by atoms with E-state index in [-0.39, 0.29) is 6.09 Å². The monoisotopic (exact) mass is 412 g/mol. The van der Waals surface area contributed by atoms with Gasteiger partial charge in [0.15, 0.2) is 0 Å². The van der Waals surface area contributed by atoms with Crippen molar-refractivity contribution in [1.29, 1.82) is 0 Å². The van der Waals surface area contributed by atoms with E-state index in [9.17, 15) is 4.79 Å². The third kappa shape index (κ3) is 6.86. The van der Waals surface area contributed by atoms with Crippen molar-refractivity contribution in [3.05, 3.63) is 28.2 Å². The van der Waals surface area contributed by atoms with Gasteiger partial charge in [-0.3, -0.25) is 4.90 Å². The van der Waals surface area contributed by atoms with Gasteiger partial charge in [-0.05, 0) is 57.9 Å². The first kappa shape index (κ1) is 20.0. The molecule has 1 aliphatic rings. The molecule has 0 bridgehead atoms. The molecule has 0 N–H and O–H groups in total. The molecule has 6 heteroatoms. The summed E-state index contributed by atoms with van der Waals surface area (Å²) in [6.45, 7) is 12.7. The van der Waals surface area contributed by atoms with Crippen LogP contribution >= 0.6 is 15.9 Å². The fourth-order valence-corrected chi connectivity index (χ4v) is 2.91. The molecule has 0 aromatic heterocycles. The van der Waals surface area contributed by atoms with E-state index < -0.39 is 5.60 Å². The van der Waals surface area contributed by atoms with Gasteiger partial charge in [-0.15, -0.1) is 0 Å². The number of rotatable bonds is 5. The quantitative estimate of drug-likeness (QED) is 0.683. The maximum atomic E-state index is 12.1. The highest BCUT2D eigenvalue weighted by Gasteiger charge is 2.25. The average molecular weight is 413 g/mol. The largest absolute Gasteiger partial charge is 0.494 e. The highest BCUT2D eigenvalue weighted by Crippen LogP contribution is 2.21. The molecule has 0 radical (unpaired) electrons. The Bertz CT molecular complexity index is 579. The lowest BCUT2D eigenvalue weighted by atomic mass is 10.2. The number of carbonyl (C=O) groups excluding carboxylic acids is 1. The first-order valence-corrected chi connectivity index (χ1v) is 9.63. The zero-order chi connectivity index (χ0) is 18.4. The standard InChI is InChI=1S/C19H29BrN2O3/c1-15-14-16(6-7-17(15)20)24-13-5-8-21-9-11-22(12-10-21)18(23)25-19(2,3)4/h6-7,14H,5,8-13H2,1-4H3. The van der Waals surface area contributed by atoms with Gasteiger partial charge in [0.1, 0.15) is 11.4 Å². The Kier molecular flexibility index (Phi) is 7.14. The molecule has 1 aliphatic heterocycles. The molecule has 1 heterocycles. The maximum absolute atomic E-state index is 12.1. The van der Waals surface area contributed by atoms with Crippen molar-refractivity contribution in [3.8, 4) is 5.75 Å². The van der Waals surface area contributed by atoms with Gasteiger partial charge >= 0.3 is 6.09 Å². The van der Waals surface area contributed by atoms with Gasteiger partial charge in [0.2, 0.25) is 0 Å². The number of halogens is 1. The summed E-state index contributed by atoms with van der Waals surface area (Å²) in [6, 6.07) is 6.04. The third-order valence-corrected chi connectivity index (χ3v) is 4.93. The normalized spacial score (nSPS) is 16.0. The van der Waals surface area contributed by atoms with E-state index in [0.29, 0.717) is 6.61 Å². The highest BCUT2D eigenvalue weighted by molar-refractivity contribution is 9.10. The number of piperazine rings is 1. The molecule has 0 atom stereocenters. The van der Waals surface area contributed by atoms with Crippen molar-refractivity contribution < 1.29 is 14.3 Å². The number of aryl methyl sites for hydroxylation is 1. The lowest BCUT2D eigenvalue weighted by molar-refractivity contribution is 0.0142. The van der Waals surface area contributed by atoms with Gasteiger partial charge in [0.05, 0.1) is 6.61 Å². The second-order valence-corrected chi connectivity index (χ2v) is 8.28. The molecule has 1 aromatic rings. The molecule has 1 amide bonds. The summed E-state index contributed by atoms with van der Waals surface area (Å²) in [5, 5.41) is 0. The number of carbonyl (C=O) groups is 1. The predicted octanol–water partition coefficient (Wildman–Crippen LogP) is 4.08. The average Bonchev–Trinajstić information content (AvgIpc) is 2.54. The maximum Gasteiger partial charge on any atom is 0.410 e. The first-order chi connectivity index (χ1) is 11.7. The van der Waals surface area contributed by atoms with Crippen LogP contribution in [0.4, 0.5) is 4.79 Å². The molecule has 0 saturated carbocycles. The summed E-state index contributed by atoms with van der Waals surface area (Å²) in [5.74, 6) is 0.912. The van der Waals surface area contributed by atoms with E-state index in [4.69, 9.17) is 9.47 Å². The summed E-state index contributed by atoms with van der Waals surface area (Å²) in [7, 11) is 0.